The molecule has 2 fully saturated rings. The van der Waals surface area contributed by atoms with Crippen LogP contribution in [0.4, 0.5) is 5.82 Å². The zero-order valence-electron chi connectivity index (χ0n) is 13.2. The molecule has 1 atom stereocenters. The van der Waals surface area contributed by atoms with E-state index < -0.39 is 0 Å². The summed E-state index contributed by atoms with van der Waals surface area (Å²) in [6.45, 7) is 4.16. The minimum Gasteiger partial charge on any atom is -0.355 e. The molecule has 1 aromatic rings. The van der Waals surface area contributed by atoms with Crippen LogP contribution >= 0.6 is 11.6 Å². The van der Waals surface area contributed by atoms with E-state index in [1.807, 2.05) is 0 Å². The van der Waals surface area contributed by atoms with Gasteiger partial charge in [0.15, 0.2) is 0 Å². The molecule has 0 aliphatic carbocycles. The third-order valence-electron chi connectivity index (χ3n) is 4.77. The average Bonchev–Trinajstić information content (AvgIpc) is 2.94. The van der Waals surface area contributed by atoms with E-state index in [0.717, 1.165) is 38.4 Å². The largest absolute Gasteiger partial charge is 0.355 e. The summed E-state index contributed by atoms with van der Waals surface area (Å²) in [6, 6.07) is 1.74. The number of halogens is 1. The van der Waals surface area contributed by atoms with Gasteiger partial charge in [-0.15, -0.1) is 0 Å². The smallest absolute Gasteiger partial charge is 0.254 e. The van der Waals surface area contributed by atoms with Crippen molar-refractivity contribution in [1.82, 2.24) is 15.2 Å². The highest BCUT2D eigenvalue weighted by molar-refractivity contribution is 6.33. The SMILES string of the molecule is CN(C)C(=O)c1cnc(N2CCCC3(CCNC3)C2)c(Cl)c1. The Morgan fingerprint density at radius 1 is 1.45 bits per heavy atom. The summed E-state index contributed by atoms with van der Waals surface area (Å²) in [5.74, 6) is 0.735. The number of pyridine rings is 1. The molecule has 2 aliphatic heterocycles. The molecule has 1 unspecified atom stereocenters. The highest BCUT2D eigenvalue weighted by atomic mass is 35.5. The summed E-state index contributed by atoms with van der Waals surface area (Å²) in [6.07, 6.45) is 5.29. The Balaban J connectivity index is 1.81. The van der Waals surface area contributed by atoms with Crippen LogP contribution in [-0.4, -0.2) is 56.1 Å². The zero-order chi connectivity index (χ0) is 15.7. The van der Waals surface area contributed by atoms with Crippen LogP contribution in [0.5, 0.6) is 0 Å². The molecule has 1 spiro atoms. The van der Waals surface area contributed by atoms with E-state index in [1.165, 1.54) is 17.7 Å². The Labute approximate surface area is 136 Å². The molecule has 5 nitrogen and oxygen atoms in total. The molecular weight excluding hydrogens is 300 g/mol. The van der Waals surface area contributed by atoms with Crippen LogP contribution in [0.3, 0.4) is 0 Å². The Bertz CT molecular complexity index is 569. The molecule has 6 heteroatoms. The summed E-state index contributed by atoms with van der Waals surface area (Å²) >= 11 is 6.42. The second-order valence-electron chi connectivity index (χ2n) is 6.68. The number of rotatable bonds is 2. The van der Waals surface area contributed by atoms with Gasteiger partial charge in [0, 0.05) is 45.3 Å². The standard InChI is InChI=1S/C16H23ClN4O/c1-20(2)15(22)12-8-13(17)14(19-9-12)21-7-3-4-16(11-21)5-6-18-10-16/h8-9,18H,3-7,10-11H2,1-2H3. The summed E-state index contributed by atoms with van der Waals surface area (Å²) in [4.78, 5) is 20.3. The lowest BCUT2D eigenvalue weighted by molar-refractivity contribution is 0.0827. The highest BCUT2D eigenvalue weighted by Crippen LogP contribution is 2.38. The maximum atomic E-state index is 12.0. The monoisotopic (exact) mass is 322 g/mol. The van der Waals surface area contributed by atoms with Crippen LogP contribution in [0.15, 0.2) is 12.3 Å². The fraction of sp³-hybridized carbons (Fsp3) is 0.625. The Morgan fingerprint density at radius 3 is 2.91 bits per heavy atom. The first-order chi connectivity index (χ1) is 10.5. The molecule has 1 N–H and O–H groups in total. The number of nitrogens with zero attached hydrogens (tertiary/aromatic N) is 3. The number of piperidine rings is 1. The van der Waals surface area contributed by atoms with Gasteiger partial charge >= 0.3 is 0 Å². The first kappa shape index (κ1) is 15.6. The predicted molar refractivity (Wildman–Crippen MR) is 88.6 cm³/mol. The number of amides is 1. The van der Waals surface area contributed by atoms with Gasteiger partial charge in [-0.2, -0.15) is 0 Å². The lowest BCUT2D eigenvalue weighted by Crippen LogP contribution is -2.45. The highest BCUT2D eigenvalue weighted by Gasteiger charge is 2.38. The zero-order valence-corrected chi connectivity index (χ0v) is 14.0. The molecule has 2 aliphatic rings. The predicted octanol–water partition coefficient (Wildman–Crippen LogP) is 2.02. The van der Waals surface area contributed by atoms with Crippen LogP contribution in [0.2, 0.25) is 5.02 Å². The first-order valence-corrected chi connectivity index (χ1v) is 8.21. The van der Waals surface area contributed by atoms with E-state index in [4.69, 9.17) is 11.6 Å². The van der Waals surface area contributed by atoms with Gasteiger partial charge in [-0.3, -0.25) is 4.79 Å². The van der Waals surface area contributed by atoms with Gasteiger partial charge in [0.1, 0.15) is 5.82 Å². The third-order valence-corrected chi connectivity index (χ3v) is 5.05. The second kappa shape index (κ2) is 6.05. The minimum atomic E-state index is -0.0731. The van der Waals surface area contributed by atoms with Gasteiger partial charge in [0.05, 0.1) is 10.6 Å². The number of hydrogen-bond acceptors (Lipinski definition) is 4. The van der Waals surface area contributed by atoms with Crippen LogP contribution in [-0.2, 0) is 0 Å². The number of hydrogen-bond donors (Lipinski definition) is 1. The molecule has 3 heterocycles. The number of carbonyl (C=O) groups is 1. The average molecular weight is 323 g/mol. The summed E-state index contributed by atoms with van der Waals surface area (Å²) in [5.41, 5.74) is 0.898. The molecule has 0 saturated carbocycles. The Morgan fingerprint density at radius 2 is 2.27 bits per heavy atom. The first-order valence-electron chi connectivity index (χ1n) is 7.84. The molecule has 2 saturated heterocycles. The van der Waals surface area contributed by atoms with E-state index in [2.05, 4.69) is 15.2 Å². The van der Waals surface area contributed by atoms with E-state index in [1.54, 1.807) is 26.4 Å². The number of aromatic nitrogens is 1. The lowest BCUT2D eigenvalue weighted by atomic mass is 9.79. The minimum absolute atomic E-state index is 0.0731. The summed E-state index contributed by atoms with van der Waals surface area (Å²) in [5, 5.41) is 4.04. The van der Waals surface area contributed by atoms with Crippen LogP contribution < -0.4 is 10.2 Å². The van der Waals surface area contributed by atoms with Crippen molar-refractivity contribution in [3.63, 3.8) is 0 Å². The van der Waals surface area contributed by atoms with Crippen molar-refractivity contribution in [2.75, 3.05) is 45.2 Å². The quantitative estimate of drug-likeness (QED) is 0.905. The maximum Gasteiger partial charge on any atom is 0.254 e. The molecule has 22 heavy (non-hydrogen) atoms. The summed E-state index contributed by atoms with van der Waals surface area (Å²) in [7, 11) is 3.46. The van der Waals surface area contributed by atoms with Crippen LogP contribution in [0, 0.1) is 5.41 Å². The molecule has 3 rings (SSSR count). The fourth-order valence-electron chi connectivity index (χ4n) is 3.57. The van der Waals surface area contributed by atoms with Crippen molar-refractivity contribution in [1.29, 1.82) is 0 Å². The Kier molecular flexibility index (Phi) is 4.28. The maximum absolute atomic E-state index is 12.0. The number of nitrogens with one attached hydrogen (secondary N) is 1. The van der Waals surface area contributed by atoms with Gasteiger partial charge in [-0.1, -0.05) is 11.6 Å². The van der Waals surface area contributed by atoms with Crippen molar-refractivity contribution in [2.24, 2.45) is 5.41 Å². The van der Waals surface area contributed by atoms with Crippen molar-refractivity contribution in [2.45, 2.75) is 19.3 Å². The second-order valence-corrected chi connectivity index (χ2v) is 7.09. The van der Waals surface area contributed by atoms with Crippen LogP contribution in [0.1, 0.15) is 29.6 Å². The molecular formula is C16H23ClN4O. The lowest BCUT2D eigenvalue weighted by Gasteiger charge is -2.40. The number of carbonyl (C=O) groups excluding carboxylic acids is 1. The molecule has 1 amide bonds. The van der Waals surface area contributed by atoms with Gasteiger partial charge in [0.2, 0.25) is 0 Å². The van der Waals surface area contributed by atoms with Crippen molar-refractivity contribution >= 4 is 23.3 Å². The van der Waals surface area contributed by atoms with Crippen molar-refractivity contribution in [3.8, 4) is 0 Å². The van der Waals surface area contributed by atoms with Gasteiger partial charge < -0.3 is 15.1 Å². The normalized spacial score (nSPS) is 24.8. The topological polar surface area (TPSA) is 48.5 Å². The molecule has 0 bridgehead atoms. The number of anilines is 1. The Hall–Kier alpha value is -1.33. The van der Waals surface area contributed by atoms with Crippen LogP contribution in [0.25, 0.3) is 0 Å². The van der Waals surface area contributed by atoms with E-state index in [9.17, 15) is 4.79 Å². The van der Waals surface area contributed by atoms with Gasteiger partial charge in [-0.05, 0) is 31.9 Å². The van der Waals surface area contributed by atoms with Crippen molar-refractivity contribution in [3.05, 3.63) is 22.8 Å². The molecule has 1 aromatic heterocycles. The van der Waals surface area contributed by atoms with Crippen molar-refractivity contribution < 1.29 is 4.79 Å². The van der Waals surface area contributed by atoms with Gasteiger partial charge in [0.25, 0.3) is 5.91 Å². The molecule has 0 aromatic carbocycles. The van der Waals surface area contributed by atoms with E-state index in [-0.39, 0.29) is 5.91 Å². The summed E-state index contributed by atoms with van der Waals surface area (Å²) < 4.78 is 0. The third kappa shape index (κ3) is 2.92. The molecule has 0 radical (unpaired) electrons. The van der Waals surface area contributed by atoms with E-state index in [0.29, 0.717) is 16.0 Å². The van der Waals surface area contributed by atoms with Gasteiger partial charge in [-0.25, -0.2) is 4.98 Å². The van der Waals surface area contributed by atoms with E-state index >= 15 is 0 Å². The fourth-order valence-corrected chi connectivity index (χ4v) is 3.86. The molecule has 120 valence electrons.